The molecule has 1 aliphatic rings. The number of aromatic nitrogens is 1. The molecule has 0 saturated carbocycles. The van der Waals surface area contributed by atoms with Crippen LogP contribution in [0.3, 0.4) is 0 Å². The van der Waals surface area contributed by atoms with Crippen LogP contribution in [-0.4, -0.2) is 60.1 Å². The number of urea groups is 1. The van der Waals surface area contributed by atoms with Gasteiger partial charge in [-0.2, -0.15) is 0 Å². The van der Waals surface area contributed by atoms with E-state index in [1.807, 2.05) is 25.4 Å². The van der Waals surface area contributed by atoms with Crippen LogP contribution in [0.15, 0.2) is 30.5 Å². The Balaban J connectivity index is 1.41. The van der Waals surface area contributed by atoms with Gasteiger partial charge in [0.25, 0.3) is 0 Å². The maximum Gasteiger partial charge on any atom is 0.317 e. The summed E-state index contributed by atoms with van der Waals surface area (Å²) in [7, 11) is 1.88. The summed E-state index contributed by atoms with van der Waals surface area (Å²) in [4.78, 5) is 19.9. The largest absolute Gasteiger partial charge is 0.361 e. The summed E-state index contributed by atoms with van der Waals surface area (Å²) in [5.74, 6) is 0. The lowest BCUT2D eigenvalue weighted by Gasteiger charge is -2.34. The van der Waals surface area contributed by atoms with Gasteiger partial charge in [0.2, 0.25) is 0 Å². The second-order valence-corrected chi connectivity index (χ2v) is 7.14. The van der Waals surface area contributed by atoms with E-state index < -0.39 is 0 Å². The van der Waals surface area contributed by atoms with Crippen LogP contribution in [0.5, 0.6) is 0 Å². The molecule has 5 heteroatoms. The molecule has 5 nitrogen and oxygen atoms in total. The van der Waals surface area contributed by atoms with Gasteiger partial charge < -0.3 is 15.2 Å². The zero-order valence-electron chi connectivity index (χ0n) is 15.4. The molecule has 136 valence electrons. The number of hydrogen-bond donors (Lipinski definition) is 2. The van der Waals surface area contributed by atoms with Crippen molar-refractivity contribution in [3.05, 3.63) is 36.0 Å². The van der Waals surface area contributed by atoms with Gasteiger partial charge >= 0.3 is 6.03 Å². The van der Waals surface area contributed by atoms with Gasteiger partial charge in [0.05, 0.1) is 0 Å². The molecule has 2 amide bonds. The van der Waals surface area contributed by atoms with E-state index in [1.54, 1.807) is 4.90 Å². The molecule has 2 N–H and O–H groups in total. The predicted molar refractivity (Wildman–Crippen MR) is 103 cm³/mol. The molecule has 0 aliphatic carbocycles. The van der Waals surface area contributed by atoms with E-state index >= 15 is 0 Å². The number of amides is 2. The van der Waals surface area contributed by atoms with Gasteiger partial charge in [0.15, 0.2) is 0 Å². The third kappa shape index (κ3) is 4.54. The normalized spacial score (nSPS) is 18.4. The lowest BCUT2D eigenvalue weighted by molar-refractivity contribution is 0.144. The van der Waals surface area contributed by atoms with Gasteiger partial charge in [0, 0.05) is 49.8 Å². The molecule has 25 heavy (non-hydrogen) atoms. The molecular weight excluding hydrogens is 312 g/mol. The Hall–Kier alpha value is -2.01. The van der Waals surface area contributed by atoms with Crippen LogP contribution in [0, 0.1) is 0 Å². The van der Waals surface area contributed by atoms with Crippen molar-refractivity contribution in [1.82, 2.24) is 20.1 Å². The van der Waals surface area contributed by atoms with Crippen LogP contribution >= 0.6 is 0 Å². The molecule has 1 aromatic carbocycles. The highest BCUT2D eigenvalue weighted by Crippen LogP contribution is 2.18. The molecule has 1 fully saturated rings. The third-order valence-electron chi connectivity index (χ3n) is 5.36. The SMILES string of the molecule is C[C@H]1CCCCN1CCN(C)C(=O)NCCc1c[nH]c2ccccc12. The molecule has 1 saturated heterocycles. The number of carbonyl (C=O) groups excluding carboxylic acids is 1. The number of fused-ring (bicyclic) bond motifs is 1. The summed E-state index contributed by atoms with van der Waals surface area (Å²) in [6.45, 7) is 5.86. The molecular formula is C20H30N4O. The zero-order valence-corrected chi connectivity index (χ0v) is 15.4. The first-order valence-corrected chi connectivity index (χ1v) is 9.43. The summed E-state index contributed by atoms with van der Waals surface area (Å²) in [5, 5.41) is 4.28. The lowest BCUT2D eigenvalue weighted by Crippen LogP contribution is -2.45. The number of carbonyl (C=O) groups is 1. The Morgan fingerprint density at radius 2 is 2.20 bits per heavy atom. The number of hydrogen-bond acceptors (Lipinski definition) is 2. The number of aromatic amines is 1. The maximum atomic E-state index is 12.3. The van der Waals surface area contributed by atoms with Crippen molar-refractivity contribution in [3.63, 3.8) is 0 Å². The number of rotatable bonds is 6. The lowest BCUT2D eigenvalue weighted by atomic mass is 10.0. The highest BCUT2D eigenvalue weighted by atomic mass is 16.2. The fourth-order valence-corrected chi connectivity index (χ4v) is 3.65. The average molecular weight is 342 g/mol. The molecule has 3 rings (SSSR count). The van der Waals surface area contributed by atoms with Crippen molar-refractivity contribution < 1.29 is 4.79 Å². The first-order valence-electron chi connectivity index (χ1n) is 9.43. The van der Waals surface area contributed by atoms with Crippen molar-refractivity contribution in [2.45, 2.75) is 38.6 Å². The monoisotopic (exact) mass is 342 g/mol. The minimum Gasteiger partial charge on any atom is -0.361 e. The van der Waals surface area contributed by atoms with E-state index in [-0.39, 0.29) is 6.03 Å². The van der Waals surface area contributed by atoms with Crippen LogP contribution in [-0.2, 0) is 6.42 Å². The molecule has 2 heterocycles. The van der Waals surface area contributed by atoms with Crippen molar-refractivity contribution in [3.8, 4) is 0 Å². The zero-order chi connectivity index (χ0) is 17.6. The van der Waals surface area contributed by atoms with Gasteiger partial charge in [0.1, 0.15) is 0 Å². The molecule has 2 aromatic rings. The summed E-state index contributed by atoms with van der Waals surface area (Å²) in [5.41, 5.74) is 2.40. The van der Waals surface area contributed by atoms with E-state index in [9.17, 15) is 4.79 Å². The molecule has 1 aliphatic heterocycles. The van der Waals surface area contributed by atoms with Gasteiger partial charge in [-0.05, 0) is 44.4 Å². The van der Waals surface area contributed by atoms with Gasteiger partial charge in [-0.15, -0.1) is 0 Å². The standard InChI is InChI=1S/C20H30N4O/c1-16-7-5-6-12-24(16)14-13-23(2)20(25)21-11-10-17-15-22-19-9-4-3-8-18(17)19/h3-4,8-9,15-16,22H,5-7,10-14H2,1-2H3,(H,21,25)/t16-/m0/s1. The van der Waals surface area contributed by atoms with Crippen molar-refractivity contribution >= 4 is 16.9 Å². The summed E-state index contributed by atoms with van der Waals surface area (Å²) >= 11 is 0. The number of piperidine rings is 1. The number of benzene rings is 1. The quantitative estimate of drug-likeness (QED) is 0.847. The number of nitrogens with one attached hydrogen (secondary N) is 2. The molecule has 1 aromatic heterocycles. The van der Waals surface area contributed by atoms with Crippen molar-refractivity contribution in [1.29, 1.82) is 0 Å². The van der Waals surface area contributed by atoms with E-state index in [0.29, 0.717) is 12.6 Å². The van der Waals surface area contributed by atoms with Crippen molar-refractivity contribution in [2.75, 3.05) is 33.2 Å². The number of para-hydroxylation sites is 1. The van der Waals surface area contributed by atoms with Gasteiger partial charge in [-0.25, -0.2) is 4.79 Å². The molecule has 0 bridgehead atoms. The van der Waals surface area contributed by atoms with Gasteiger partial charge in [-0.1, -0.05) is 24.6 Å². The number of likely N-dealkylation sites (N-methyl/N-ethyl adjacent to an activating group) is 1. The topological polar surface area (TPSA) is 51.4 Å². The van der Waals surface area contributed by atoms with Crippen molar-refractivity contribution in [2.24, 2.45) is 0 Å². The van der Waals surface area contributed by atoms with Crippen LogP contribution in [0.4, 0.5) is 4.79 Å². The fraction of sp³-hybridized carbons (Fsp3) is 0.550. The van der Waals surface area contributed by atoms with E-state index in [2.05, 4.69) is 34.3 Å². The fourth-order valence-electron chi connectivity index (χ4n) is 3.65. The Labute approximate surface area is 150 Å². The van der Waals surface area contributed by atoms with Gasteiger partial charge in [-0.3, -0.25) is 4.90 Å². The molecule has 0 spiro atoms. The Bertz CT molecular complexity index is 696. The summed E-state index contributed by atoms with van der Waals surface area (Å²) in [6.07, 6.45) is 6.78. The first kappa shape index (κ1) is 17.8. The van der Waals surface area contributed by atoms with E-state index in [0.717, 1.165) is 31.6 Å². The van der Waals surface area contributed by atoms with Crippen LogP contribution in [0.1, 0.15) is 31.7 Å². The Morgan fingerprint density at radius 3 is 3.04 bits per heavy atom. The highest BCUT2D eigenvalue weighted by molar-refractivity contribution is 5.83. The number of likely N-dealkylation sites (tertiary alicyclic amines) is 1. The minimum atomic E-state index is 0.0181. The van der Waals surface area contributed by atoms with Crippen LogP contribution in [0.2, 0.25) is 0 Å². The number of nitrogens with zero attached hydrogens (tertiary/aromatic N) is 2. The Kier molecular flexibility index (Phi) is 5.97. The smallest absolute Gasteiger partial charge is 0.317 e. The molecule has 0 unspecified atom stereocenters. The Morgan fingerprint density at radius 1 is 1.36 bits per heavy atom. The predicted octanol–water partition coefficient (Wildman–Crippen LogP) is 3.23. The second-order valence-electron chi connectivity index (χ2n) is 7.14. The minimum absolute atomic E-state index is 0.0181. The van der Waals surface area contributed by atoms with E-state index in [4.69, 9.17) is 0 Å². The second kappa shape index (κ2) is 8.39. The molecule has 1 atom stereocenters. The van der Waals surface area contributed by atoms with E-state index in [1.165, 1.54) is 30.2 Å². The molecule has 0 radical (unpaired) electrons. The number of H-pyrrole nitrogens is 1. The summed E-state index contributed by atoms with van der Waals surface area (Å²) in [6, 6.07) is 8.94. The van der Waals surface area contributed by atoms with Crippen LogP contribution in [0.25, 0.3) is 10.9 Å². The maximum absolute atomic E-state index is 12.3. The third-order valence-corrected chi connectivity index (χ3v) is 5.36. The highest BCUT2D eigenvalue weighted by Gasteiger charge is 2.19. The summed E-state index contributed by atoms with van der Waals surface area (Å²) < 4.78 is 0. The van der Waals surface area contributed by atoms with Crippen LogP contribution < -0.4 is 5.32 Å². The average Bonchev–Trinajstić information content (AvgIpc) is 3.04. The first-order chi connectivity index (χ1) is 12.1.